The van der Waals surface area contributed by atoms with Gasteiger partial charge in [-0.1, -0.05) is 0 Å². The van der Waals surface area contributed by atoms with Gasteiger partial charge in [-0.2, -0.15) is 0 Å². The van der Waals surface area contributed by atoms with Gasteiger partial charge in [0.05, 0.1) is 11.7 Å². The molecule has 4 nitrogen and oxygen atoms in total. The summed E-state index contributed by atoms with van der Waals surface area (Å²) in [6.07, 6.45) is -0.183. The Balaban J connectivity index is 2.23. The van der Waals surface area contributed by atoms with Crippen LogP contribution in [0.2, 0.25) is 0 Å². The van der Waals surface area contributed by atoms with E-state index in [1.54, 1.807) is 17.9 Å². The van der Waals surface area contributed by atoms with Gasteiger partial charge >= 0.3 is 0 Å². The third kappa shape index (κ3) is 3.35. The number of hydrogen-bond acceptors (Lipinski definition) is 3. The molecule has 0 radical (unpaired) electrons. The van der Waals surface area contributed by atoms with Crippen molar-refractivity contribution in [2.45, 2.75) is 32.5 Å². The Hall–Kier alpha value is -1.46. The van der Waals surface area contributed by atoms with E-state index in [4.69, 9.17) is 10.5 Å². The number of nitrogens with two attached hydrogens (primary N) is 1. The van der Waals surface area contributed by atoms with Crippen LogP contribution in [0.5, 0.6) is 0 Å². The van der Waals surface area contributed by atoms with Crippen LogP contribution in [0.1, 0.15) is 29.8 Å². The monoisotopic (exact) mass is 280 g/mol. The van der Waals surface area contributed by atoms with Gasteiger partial charge in [0.15, 0.2) is 0 Å². The van der Waals surface area contributed by atoms with Crippen LogP contribution in [-0.4, -0.2) is 42.1 Å². The van der Waals surface area contributed by atoms with Gasteiger partial charge in [0, 0.05) is 25.2 Å². The SMILES string of the molecule is Cc1cc(F)cc(C(=O)N2CC(CN)OC(C)(C)C2)c1. The van der Waals surface area contributed by atoms with Crippen LogP contribution in [0.15, 0.2) is 18.2 Å². The summed E-state index contributed by atoms with van der Waals surface area (Å²) >= 11 is 0. The minimum atomic E-state index is -0.444. The molecule has 2 N–H and O–H groups in total. The lowest BCUT2D eigenvalue weighted by molar-refractivity contribution is -0.122. The average Bonchev–Trinajstić information content (AvgIpc) is 2.34. The predicted octanol–water partition coefficient (Wildman–Crippen LogP) is 1.71. The van der Waals surface area contributed by atoms with E-state index >= 15 is 0 Å². The largest absolute Gasteiger partial charge is 0.367 e. The number of rotatable bonds is 2. The lowest BCUT2D eigenvalue weighted by Crippen LogP contribution is -2.56. The Kier molecular flexibility index (Phi) is 4.11. The van der Waals surface area contributed by atoms with Gasteiger partial charge in [-0.25, -0.2) is 4.39 Å². The number of carbonyl (C=O) groups excluding carboxylic acids is 1. The van der Waals surface area contributed by atoms with Crippen LogP contribution in [0.4, 0.5) is 4.39 Å². The fourth-order valence-corrected chi connectivity index (χ4v) is 2.62. The standard InChI is InChI=1S/C15H21FN2O2/c1-10-4-11(6-12(16)5-10)14(19)18-8-13(7-17)20-15(2,3)9-18/h4-6,13H,7-9,17H2,1-3H3. The Morgan fingerprint density at radius 3 is 2.80 bits per heavy atom. The minimum Gasteiger partial charge on any atom is -0.367 e. The third-order valence-electron chi connectivity index (χ3n) is 3.32. The molecule has 0 aromatic heterocycles. The van der Waals surface area contributed by atoms with E-state index in [0.29, 0.717) is 25.2 Å². The molecule has 1 saturated heterocycles. The molecule has 2 rings (SSSR count). The third-order valence-corrected chi connectivity index (χ3v) is 3.32. The molecule has 1 fully saturated rings. The van der Waals surface area contributed by atoms with Crippen molar-refractivity contribution in [3.05, 3.63) is 35.1 Å². The highest BCUT2D eigenvalue weighted by atomic mass is 19.1. The summed E-state index contributed by atoms with van der Waals surface area (Å²) in [5, 5.41) is 0. The topological polar surface area (TPSA) is 55.6 Å². The predicted molar refractivity (Wildman–Crippen MR) is 75.0 cm³/mol. The summed E-state index contributed by atoms with van der Waals surface area (Å²) in [4.78, 5) is 14.2. The molecule has 5 heteroatoms. The molecule has 1 aromatic carbocycles. The number of benzene rings is 1. The maximum atomic E-state index is 13.4. The molecule has 0 spiro atoms. The second kappa shape index (κ2) is 5.50. The Bertz CT molecular complexity index is 496. The molecule has 0 bridgehead atoms. The van der Waals surface area contributed by atoms with Gasteiger partial charge in [0.2, 0.25) is 0 Å². The molecule has 1 unspecified atom stereocenters. The summed E-state index contributed by atoms with van der Waals surface area (Å²) in [6, 6.07) is 4.38. The molecular weight excluding hydrogens is 259 g/mol. The van der Waals surface area contributed by atoms with E-state index in [2.05, 4.69) is 0 Å². The highest BCUT2D eigenvalue weighted by Gasteiger charge is 2.35. The van der Waals surface area contributed by atoms with Crippen molar-refractivity contribution in [1.29, 1.82) is 0 Å². The quantitative estimate of drug-likeness (QED) is 0.897. The van der Waals surface area contributed by atoms with Gasteiger partial charge in [0.25, 0.3) is 5.91 Å². The number of morpholine rings is 1. The van der Waals surface area contributed by atoms with Crippen molar-refractivity contribution >= 4 is 5.91 Å². The number of halogens is 1. The Morgan fingerprint density at radius 2 is 2.20 bits per heavy atom. The van der Waals surface area contributed by atoms with Gasteiger partial charge in [-0.15, -0.1) is 0 Å². The van der Waals surface area contributed by atoms with E-state index in [0.717, 1.165) is 5.56 Å². The van der Waals surface area contributed by atoms with Gasteiger partial charge < -0.3 is 15.4 Å². The minimum absolute atomic E-state index is 0.178. The molecular formula is C15H21FN2O2. The molecule has 0 aliphatic carbocycles. The fourth-order valence-electron chi connectivity index (χ4n) is 2.62. The summed E-state index contributed by atoms with van der Waals surface area (Å²) < 4.78 is 19.2. The maximum Gasteiger partial charge on any atom is 0.254 e. The Labute approximate surface area is 118 Å². The van der Waals surface area contributed by atoms with E-state index < -0.39 is 11.4 Å². The van der Waals surface area contributed by atoms with Crippen LogP contribution in [-0.2, 0) is 4.74 Å². The van der Waals surface area contributed by atoms with Crippen molar-refractivity contribution < 1.29 is 13.9 Å². The summed E-state index contributed by atoms with van der Waals surface area (Å²) in [6.45, 7) is 6.88. The number of carbonyl (C=O) groups is 1. The maximum absolute atomic E-state index is 13.4. The first-order valence-electron chi connectivity index (χ1n) is 6.75. The zero-order valence-electron chi connectivity index (χ0n) is 12.1. The molecule has 1 aliphatic rings. The Morgan fingerprint density at radius 1 is 1.50 bits per heavy atom. The molecule has 0 saturated carbocycles. The van der Waals surface area contributed by atoms with E-state index in [1.807, 2.05) is 13.8 Å². The first kappa shape index (κ1) is 14.9. The molecule has 20 heavy (non-hydrogen) atoms. The van der Waals surface area contributed by atoms with Crippen molar-refractivity contribution in [2.24, 2.45) is 5.73 Å². The van der Waals surface area contributed by atoms with Gasteiger partial charge in [-0.05, 0) is 44.5 Å². The number of amides is 1. The van der Waals surface area contributed by atoms with Crippen molar-refractivity contribution in [1.82, 2.24) is 4.90 Å². The molecule has 110 valence electrons. The number of nitrogens with zero attached hydrogens (tertiary/aromatic N) is 1. The molecule has 1 heterocycles. The highest BCUT2D eigenvalue weighted by molar-refractivity contribution is 5.94. The van der Waals surface area contributed by atoms with Crippen LogP contribution in [0.25, 0.3) is 0 Å². The summed E-state index contributed by atoms with van der Waals surface area (Å²) in [5.74, 6) is -0.571. The first-order chi connectivity index (χ1) is 9.30. The molecule has 1 aromatic rings. The normalized spacial score (nSPS) is 21.9. The molecule has 1 atom stereocenters. The van der Waals surface area contributed by atoms with Crippen molar-refractivity contribution in [2.75, 3.05) is 19.6 Å². The van der Waals surface area contributed by atoms with E-state index in [9.17, 15) is 9.18 Å². The summed E-state index contributed by atoms with van der Waals surface area (Å²) in [7, 11) is 0. The molecule has 1 aliphatic heterocycles. The van der Waals surface area contributed by atoms with Crippen LogP contribution >= 0.6 is 0 Å². The van der Waals surface area contributed by atoms with Crippen LogP contribution in [0.3, 0.4) is 0 Å². The van der Waals surface area contributed by atoms with Crippen LogP contribution < -0.4 is 5.73 Å². The second-order valence-corrected chi connectivity index (χ2v) is 5.94. The lowest BCUT2D eigenvalue weighted by atomic mass is 10.0. The number of hydrogen-bond donors (Lipinski definition) is 1. The van der Waals surface area contributed by atoms with Gasteiger partial charge in [-0.3, -0.25) is 4.79 Å². The number of ether oxygens (including phenoxy) is 1. The fraction of sp³-hybridized carbons (Fsp3) is 0.533. The van der Waals surface area contributed by atoms with Gasteiger partial charge in [0.1, 0.15) is 5.82 Å². The smallest absolute Gasteiger partial charge is 0.254 e. The highest BCUT2D eigenvalue weighted by Crippen LogP contribution is 2.22. The average molecular weight is 280 g/mol. The zero-order valence-corrected chi connectivity index (χ0v) is 12.1. The van der Waals surface area contributed by atoms with E-state index in [1.165, 1.54) is 12.1 Å². The van der Waals surface area contributed by atoms with Crippen molar-refractivity contribution in [3.8, 4) is 0 Å². The zero-order chi connectivity index (χ0) is 14.9. The van der Waals surface area contributed by atoms with E-state index in [-0.39, 0.29) is 12.0 Å². The van der Waals surface area contributed by atoms with Crippen LogP contribution in [0, 0.1) is 12.7 Å². The lowest BCUT2D eigenvalue weighted by Gasteiger charge is -2.42. The first-order valence-corrected chi connectivity index (χ1v) is 6.75. The second-order valence-electron chi connectivity index (χ2n) is 5.94. The molecule has 1 amide bonds. The van der Waals surface area contributed by atoms with Crippen molar-refractivity contribution in [3.63, 3.8) is 0 Å². The number of aryl methyl sites for hydroxylation is 1. The summed E-state index contributed by atoms with van der Waals surface area (Å²) in [5.41, 5.74) is 6.31.